The number of halogens is 1. The Bertz CT molecular complexity index is 726. The van der Waals surface area contributed by atoms with Gasteiger partial charge in [-0.25, -0.2) is 14.1 Å². The summed E-state index contributed by atoms with van der Waals surface area (Å²) in [4.78, 5) is 19.2. The first kappa shape index (κ1) is 15.3. The Labute approximate surface area is 140 Å². The van der Waals surface area contributed by atoms with Crippen LogP contribution in [0.3, 0.4) is 0 Å². The maximum Gasteiger partial charge on any atom is 0.233 e. The molecule has 0 spiro atoms. The second-order valence-electron chi connectivity index (χ2n) is 6.87. The molecule has 1 saturated heterocycles. The largest absolute Gasteiger partial charge is 0.340 e. The third-order valence-electron chi connectivity index (χ3n) is 5.49. The summed E-state index contributed by atoms with van der Waals surface area (Å²) in [7, 11) is 0. The zero-order chi connectivity index (χ0) is 16.6. The monoisotopic (exact) mass is 328 g/mol. The van der Waals surface area contributed by atoms with Gasteiger partial charge in [-0.2, -0.15) is 5.10 Å². The molecule has 2 fully saturated rings. The number of likely N-dealkylation sites (tertiary alicyclic amines) is 1. The fourth-order valence-electron chi connectivity index (χ4n) is 4.01. The standard InChI is InChI=1S/C18H21FN4O/c19-15-5-1-4-14(10-15)18(7-3-8-18)17(24)22-9-2-6-16(11-22)23-13-20-12-21-23/h1,4-5,10,12-13,16H,2-3,6-9,11H2/t16-/m1/s1. The molecule has 6 heteroatoms. The molecule has 0 unspecified atom stereocenters. The van der Waals surface area contributed by atoms with Gasteiger partial charge in [0.1, 0.15) is 18.5 Å². The SMILES string of the molecule is O=C(N1CCC[C@@H](n2cncn2)C1)C1(c2cccc(F)c2)CCC1. The first-order valence-corrected chi connectivity index (χ1v) is 8.59. The van der Waals surface area contributed by atoms with Crippen molar-refractivity contribution in [2.24, 2.45) is 0 Å². The van der Waals surface area contributed by atoms with Crippen molar-refractivity contribution in [1.82, 2.24) is 19.7 Å². The Morgan fingerprint density at radius 3 is 2.83 bits per heavy atom. The van der Waals surface area contributed by atoms with Crippen molar-refractivity contribution in [3.05, 3.63) is 48.3 Å². The molecular formula is C18H21FN4O. The lowest BCUT2D eigenvalue weighted by Gasteiger charge is -2.45. The van der Waals surface area contributed by atoms with Crippen LogP contribution in [-0.4, -0.2) is 38.7 Å². The van der Waals surface area contributed by atoms with Gasteiger partial charge < -0.3 is 4.90 Å². The number of nitrogens with zero attached hydrogens (tertiary/aromatic N) is 4. The van der Waals surface area contributed by atoms with Crippen LogP contribution in [0.25, 0.3) is 0 Å². The number of carbonyl (C=O) groups excluding carboxylic acids is 1. The number of aromatic nitrogens is 3. The second-order valence-corrected chi connectivity index (χ2v) is 6.87. The summed E-state index contributed by atoms with van der Waals surface area (Å²) in [5, 5.41) is 4.22. The molecule has 1 atom stereocenters. The van der Waals surface area contributed by atoms with Gasteiger partial charge in [0.25, 0.3) is 0 Å². The summed E-state index contributed by atoms with van der Waals surface area (Å²) in [5.41, 5.74) is 0.286. The van der Waals surface area contributed by atoms with Gasteiger partial charge in [-0.1, -0.05) is 18.6 Å². The van der Waals surface area contributed by atoms with E-state index in [4.69, 9.17) is 0 Å². The van der Waals surface area contributed by atoms with E-state index in [2.05, 4.69) is 10.1 Å². The molecule has 1 amide bonds. The number of hydrogen-bond donors (Lipinski definition) is 0. The summed E-state index contributed by atoms with van der Waals surface area (Å²) in [6.45, 7) is 1.42. The Kier molecular flexibility index (Phi) is 3.82. The minimum Gasteiger partial charge on any atom is -0.340 e. The normalized spacial score (nSPS) is 22.9. The number of hydrogen-bond acceptors (Lipinski definition) is 3. The molecule has 5 nitrogen and oxygen atoms in total. The van der Waals surface area contributed by atoms with E-state index in [0.29, 0.717) is 6.54 Å². The van der Waals surface area contributed by atoms with Gasteiger partial charge in [0, 0.05) is 13.1 Å². The summed E-state index contributed by atoms with van der Waals surface area (Å²) < 4.78 is 15.5. The molecule has 2 aromatic rings. The van der Waals surface area contributed by atoms with E-state index in [-0.39, 0.29) is 17.8 Å². The quantitative estimate of drug-likeness (QED) is 0.870. The number of piperidine rings is 1. The zero-order valence-corrected chi connectivity index (χ0v) is 13.6. The van der Waals surface area contributed by atoms with E-state index in [9.17, 15) is 9.18 Å². The fraction of sp³-hybridized carbons (Fsp3) is 0.500. The minimum absolute atomic E-state index is 0.143. The lowest BCUT2D eigenvalue weighted by molar-refractivity contribution is -0.142. The Balaban J connectivity index is 1.57. The predicted octanol–water partition coefficient (Wildman–Crippen LogP) is 2.70. The minimum atomic E-state index is -0.535. The molecule has 1 aromatic carbocycles. The molecular weight excluding hydrogens is 307 g/mol. The van der Waals surface area contributed by atoms with E-state index >= 15 is 0 Å². The van der Waals surface area contributed by atoms with E-state index in [1.54, 1.807) is 12.4 Å². The van der Waals surface area contributed by atoms with Crippen LogP contribution in [0.4, 0.5) is 4.39 Å². The van der Waals surface area contributed by atoms with Crippen LogP contribution in [0.2, 0.25) is 0 Å². The molecule has 1 aliphatic heterocycles. The Morgan fingerprint density at radius 2 is 2.17 bits per heavy atom. The van der Waals surface area contributed by atoms with Gasteiger partial charge in [-0.15, -0.1) is 0 Å². The number of rotatable bonds is 3. The Morgan fingerprint density at radius 1 is 1.29 bits per heavy atom. The highest BCUT2D eigenvalue weighted by molar-refractivity contribution is 5.89. The summed E-state index contributed by atoms with van der Waals surface area (Å²) in [5.74, 6) is -0.130. The lowest BCUT2D eigenvalue weighted by Crippen LogP contribution is -2.53. The topological polar surface area (TPSA) is 51.0 Å². The van der Waals surface area contributed by atoms with Crippen LogP contribution < -0.4 is 0 Å². The molecule has 126 valence electrons. The molecule has 4 rings (SSSR count). The summed E-state index contributed by atoms with van der Waals surface area (Å²) in [6.07, 6.45) is 7.82. The molecule has 1 saturated carbocycles. The van der Waals surface area contributed by atoms with E-state index < -0.39 is 5.41 Å². The van der Waals surface area contributed by atoms with E-state index in [0.717, 1.165) is 44.2 Å². The maximum atomic E-state index is 13.7. The van der Waals surface area contributed by atoms with Crippen LogP contribution in [0.1, 0.15) is 43.7 Å². The molecule has 0 N–H and O–H groups in total. The van der Waals surface area contributed by atoms with E-state index in [1.165, 1.54) is 18.5 Å². The third kappa shape index (κ3) is 2.50. The smallest absolute Gasteiger partial charge is 0.233 e. The molecule has 1 aromatic heterocycles. The molecule has 0 radical (unpaired) electrons. The van der Waals surface area contributed by atoms with Gasteiger partial charge in [0.15, 0.2) is 0 Å². The molecule has 0 bridgehead atoms. The first-order valence-electron chi connectivity index (χ1n) is 8.59. The van der Waals surface area contributed by atoms with E-state index in [1.807, 2.05) is 15.6 Å². The van der Waals surface area contributed by atoms with Gasteiger partial charge in [-0.05, 0) is 43.4 Å². The molecule has 2 heterocycles. The number of benzene rings is 1. The van der Waals surface area contributed by atoms with Crippen LogP contribution in [-0.2, 0) is 10.2 Å². The predicted molar refractivity (Wildman–Crippen MR) is 86.8 cm³/mol. The summed E-state index contributed by atoms with van der Waals surface area (Å²) in [6, 6.07) is 6.72. The van der Waals surface area contributed by atoms with Crippen LogP contribution in [0.15, 0.2) is 36.9 Å². The van der Waals surface area contributed by atoms with Crippen molar-refractivity contribution in [3.63, 3.8) is 0 Å². The highest BCUT2D eigenvalue weighted by Crippen LogP contribution is 2.46. The van der Waals surface area contributed by atoms with Gasteiger partial charge >= 0.3 is 0 Å². The number of carbonyl (C=O) groups is 1. The molecule has 2 aliphatic rings. The molecule has 24 heavy (non-hydrogen) atoms. The third-order valence-corrected chi connectivity index (χ3v) is 5.49. The van der Waals surface area contributed by atoms with Crippen molar-refractivity contribution >= 4 is 5.91 Å². The van der Waals surface area contributed by atoms with Gasteiger partial charge in [0.2, 0.25) is 5.91 Å². The first-order chi connectivity index (χ1) is 11.7. The van der Waals surface area contributed by atoms with Crippen molar-refractivity contribution in [1.29, 1.82) is 0 Å². The maximum absolute atomic E-state index is 13.7. The van der Waals surface area contributed by atoms with Crippen LogP contribution in [0.5, 0.6) is 0 Å². The van der Waals surface area contributed by atoms with Crippen molar-refractivity contribution in [2.45, 2.75) is 43.6 Å². The highest BCUT2D eigenvalue weighted by atomic mass is 19.1. The second kappa shape index (κ2) is 6.00. The Hall–Kier alpha value is -2.24. The number of amides is 1. The van der Waals surface area contributed by atoms with Crippen molar-refractivity contribution < 1.29 is 9.18 Å². The molecule has 1 aliphatic carbocycles. The van der Waals surface area contributed by atoms with Crippen molar-refractivity contribution in [3.8, 4) is 0 Å². The summed E-state index contributed by atoms with van der Waals surface area (Å²) >= 11 is 0. The zero-order valence-electron chi connectivity index (χ0n) is 13.6. The highest BCUT2D eigenvalue weighted by Gasteiger charge is 2.48. The average Bonchev–Trinajstić information content (AvgIpc) is 3.08. The fourth-order valence-corrected chi connectivity index (χ4v) is 4.01. The van der Waals surface area contributed by atoms with Crippen molar-refractivity contribution in [2.75, 3.05) is 13.1 Å². The van der Waals surface area contributed by atoms with Gasteiger partial charge in [-0.3, -0.25) is 4.79 Å². The van der Waals surface area contributed by atoms with Crippen LogP contribution >= 0.6 is 0 Å². The van der Waals surface area contributed by atoms with Gasteiger partial charge in [0.05, 0.1) is 11.5 Å². The average molecular weight is 328 g/mol. The van der Waals surface area contributed by atoms with Crippen LogP contribution in [0, 0.1) is 5.82 Å². The lowest BCUT2D eigenvalue weighted by atomic mass is 9.63.